The molecule has 2 aromatic rings. The summed E-state index contributed by atoms with van der Waals surface area (Å²) >= 11 is 1.31. The van der Waals surface area contributed by atoms with Crippen molar-refractivity contribution < 1.29 is 4.79 Å². The second-order valence-electron chi connectivity index (χ2n) is 5.84. The van der Waals surface area contributed by atoms with Crippen LogP contribution in [0.25, 0.3) is 11.4 Å². The predicted molar refractivity (Wildman–Crippen MR) is 89.9 cm³/mol. The first kappa shape index (κ1) is 16.5. The van der Waals surface area contributed by atoms with Crippen molar-refractivity contribution in [1.82, 2.24) is 25.1 Å². The van der Waals surface area contributed by atoms with Crippen LogP contribution in [0, 0.1) is 11.3 Å². The lowest BCUT2D eigenvalue weighted by molar-refractivity contribution is -0.119. The largest absolute Gasteiger partial charge is 0.337 e. The first-order valence-corrected chi connectivity index (χ1v) is 8.77. The smallest absolute Gasteiger partial charge is 0.231 e. The standard InChI is InChI=1S/C16H18N6OS/c1-22-14(12-5-4-8-18-9-12)20-21-15(22)24-10-13(23)19-16(11-17)6-2-3-7-16/h4-5,8-9H,2-3,6-7,10H2,1H3,(H,19,23). The number of nitriles is 1. The van der Waals surface area contributed by atoms with Crippen molar-refractivity contribution in [2.45, 2.75) is 36.4 Å². The zero-order valence-electron chi connectivity index (χ0n) is 13.4. The Morgan fingerprint density at radius 2 is 2.25 bits per heavy atom. The van der Waals surface area contributed by atoms with Gasteiger partial charge in [-0.3, -0.25) is 9.78 Å². The molecule has 124 valence electrons. The molecule has 0 atom stereocenters. The number of aromatic nitrogens is 4. The van der Waals surface area contributed by atoms with E-state index in [0.29, 0.717) is 11.0 Å². The van der Waals surface area contributed by atoms with Gasteiger partial charge in [-0.05, 0) is 37.8 Å². The third-order valence-electron chi connectivity index (χ3n) is 4.14. The van der Waals surface area contributed by atoms with Gasteiger partial charge in [0.2, 0.25) is 5.91 Å². The summed E-state index contributed by atoms with van der Waals surface area (Å²) in [6.07, 6.45) is 6.86. The van der Waals surface area contributed by atoms with Crippen LogP contribution in [0.4, 0.5) is 0 Å². The maximum atomic E-state index is 12.2. The monoisotopic (exact) mass is 342 g/mol. The Labute approximate surface area is 144 Å². The number of hydrogen-bond donors (Lipinski definition) is 1. The molecule has 2 aromatic heterocycles. The third kappa shape index (κ3) is 3.41. The minimum Gasteiger partial charge on any atom is -0.337 e. The van der Waals surface area contributed by atoms with Gasteiger partial charge in [-0.15, -0.1) is 10.2 Å². The zero-order valence-corrected chi connectivity index (χ0v) is 14.2. The molecule has 1 saturated carbocycles. The fourth-order valence-electron chi connectivity index (χ4n) is 2.86. The number of pyridine rings is 1. The average molecular weight is 342 g/mol. The van der Waals surface area contributed by atoms with Crippen molar-refractivity contribution in [3.63, 3.8) is 0 Å². The van der Waals surface area contributed by atoms with Crippen molar-refractivity contribution in [1.29, 1.82) is 5.26 Å². The molecule has 0 bridgehead atoms. The molecule has 1 amide bonds. The molecule has 0 spiro atoms. The summed E-state index contributed by atoms with van der Waals surface area (Å²) in [5.41, 5.74) is 0.191. The fraction of sp³-hybridized carbons (Fsp3) is 0.438. The van der Waals surface area contributed by atoms with Gasteiger partial charge in [0.05, 0.1) is 11.8 Å². The fourth-order valence-corrected chi connectivity index (χ4v) is 3.57. The minimum absolute atomic E-state index is 0.144. The second kappa shape index (κ2) is 7.01. The van der Waals surface area contributed by atoms with Crippen LogP contribution in [-0.4, -0.2) is 36.9 Å². The van der Waals surface area contributed by atoms with Crippen molar-refractivity contribution in [3.8, 4) is 17.5 Å². The van der Waals surface area contributed by atoms with E-state index >= 15 is 0 Å². The van der Waals surface area contributed by atoms with Crippen LogP contribution in [0.15, 0.2) is 29.7 Å². The van der Waals surface area contributed by atoms with Crippen molar-refractivity contribution >= 4 is 17.7 Å². The second-order valence-corrected chi connectivity index (χ2v) is 6.79. The molecule has 1 aliphatic rings. The Morgan fingerprint density at radius 3 is 2.92 bits per heavy atom. The Kier molecular flexibility index (Phi) is 4.81. The summed E-state index contributed by atoms with van der Waals surface area (Å²) in [5.74, 6) is 0.771. The molecule has 2 heterocycles. The Bertz CT molecular complexity index is 761. The molecule has 1 fully saturated rings. The van der Waals surface area contributed by atoms with E-state index in [1.54, 1.807) is 12.4 Å². The van der Waals surface area contributed by atoms with Gasteiger partial charge in [0.25, 0.3) is 0 Å². The van der Waals surface area contributed by atoms with Crippen LogP contribution < -0.4 is 5.32 Å². The summed E-state index contributed by atoms with van der Waals surface area (Å²) < 4.78 is 1.84. The van der Waals surface area contributed by atoms with E-state index in [-0.39, 0.29) is 11.7 Å². The maximum Gasteiger partial charge on any atom is 0.231 e. The van der Waals surface area contributed by atoms with Gasteiger partial charge in [-0.25, -0.2) is 0 Å². The minimum atomic E-state index is -0.682. The van der Waals surface area contributed by atoms with Crippen molar-refractivity contribution in [2.24, 2.45) is 7.05 Å². The van der Waals surface area contributed by atoms with Crippen LogP contribution >= 0.6 is 11.8 Å². The molecule has 0 saturated heterocycles. The van der Waals surface area contributed by atoms with E-state index < -0.39 is 5.54 Å². The molecule has 24 heavy (non-hydrogen) atoms. The van der Waals surface area contributed by atoms with Gasteiger partial charge in [-0.2, -0.15) is 5.26 Å². The summed E-state index contributed by atoms with van der Waals surface area (Å²) in [6, 6.07) is 6.01. The lowest BCUT2D eigenvalue weighted by Crippen LogP contribution is -2.45. The molecular weight excluding hydrogens is 324 g/mol. The molecule has 8 heteroatoms. The van der Waals surface area contributed by atoms with Gasteiger partial charge in [0, 0.05) is 25.0 Å². The number of amides is 1. The average Bonchev–Trinajstić information content (AvgIpc) is 3.21. The summed E-state index contributed by atoms with van der Waals surface area (Å²) in [7, 11) is 1.86. The van der Waals surface area contributed by atoms with Crippen molar-refractivity contribution in [2.75, 3.05) is 5.75 Å². The Balaban J connectivity index is 1.62. The van der Waals surface area contributed by atoms with Crippen LogP contribution in [0.1, 0.15) is 25.7 Å². The number of carbonyl (C=O) groups is 1. The third-order valence-corrected chi connectivity index (χ3v) is 5.16. The van der Waals surface area contributed by atoms with Crippen LogP contribution in [-0.2, 0) is 11.8 Å². The summed E-state index contributed by atoms with van der Waals surface area (Å²) in [6.45, 7) is 0. The number of rotatable bonds is 5. The van der Waals surface area contributed by atoms with Crippen LogP contribution in [0.5, 0.6) is 0 Å². The van der Waals surface area contributed by atoms with Crippen LogP contribution in [0.2, 0.25) is 0 Å². The Hall–Kier alpha value is -2.40. The molecule has 0 aliphatic heterocycles. The Morgan fingerprint density at radius 1 is 1.46 bits per heavy atom. The highest BCUT2D eigenvalue weighted by molar-refractivity contribution is 7.99. The number of carbonyl (C=O) groups excluding carboxylic acids is 1. The molecule has 3 rings (SSSR count). The first-order chi connectivity index (χ1) is 11.6. The van der Waals surface area contributed by atoms with Gasteiger partial charge < -0.3 is 9.88 Å². The lowest BCUT2D eigenvalue weighted by Gasteiger charge is -2.21. The lowest BCUT2D eigenvalue weighted by atomic mass is 10.0. The normalized spacial score (nSPS) is 15.8. The van der Waals surface area contributed by atoms with E-state index in [1.165, 1.54) is 11.8 Å². The van der Waals surface area contributed by atoms with E-state index in [9.17, 15) is 10.1 Å². The molecule has 0 aromatic carbocycles. The van der Waals surface area contributed by atoms with Gasteiger partial charge in [0.15, 0.2) is 11.0 Å². The van der Waals surface area contributed by atoms with E-state index in [2.05, 4.69) is 26.6 Å². The quantitative estimate of drug-likeness (QED) is 0.834. The maximum absolute atomic E-state index is 12.2. The highest BCUT2D eigenvalue weighted by atomic mass is 32.2. The number of thioether (sulfide) groups is 1. The first-order valence-electron chi connectivity index (χ1n) is 7.78. The van der Waals surface area contributed by atoms with E-state index in [4.69, 9.17) is 0 Å². The molecule has 1 N–H and O–H groups in total. The van der Waals surface area contributed by atoms with E-state index in [1.807, 2.05) is 23.7 Å². The van der Waals surface area contributed by atoms with Gasteiger partial charge >= 0.3 is 0 Å². The summed E-state index contributed by atoms with van der Waals surface area (Å²) in [4.78, 5) is 16.3. The number of nitrogens with one attached hydrogen (secondary N) is 1. The van der Waals surface area contributed by atoms with Gasteiger partial charge in [0.1, 0.15) is 5.54 Å². The SMILES string of the molecule is Cn1c(SCC(=O)NC2(C#N)CCCC2)nnc1-c1cccnc1. The highest BCUT2D eigenvalue weighted by Crippen LogP contribution is 2.29. The van der Waals surface area contributed by atoms with E-state index in [0.717, 1.165) is 31.2 Å². The number of nitrogens with zero attached hydrogens (tertiary/aromatic N) is 5. The van der Waals surface area contributed by atoms with Crippen molar-refractivity contribution in [3.05, 3.63) is 24.5 Å². The highest BCUT2D eigenvalue weighted by Gasteiger charge is 2.35. The number of hydrogen-bond acceptors (Lipinski definition) is 6. The molecule has 7 nitrogen and oxygen atoms in total. The molecule has 0 radical (unpaired) electrons. The van der Waals surface area contributed by atoms with Gasteiger partial charge in [-0.1, -0.05) is 11.8 Å². The summed E-state index contributed by atoms with van der Waals surface area (Å²) in [5, 5.41) is 21.2. The molecule has 1 aliphatic carbocycles. The molecule has 0 unspecified atom stereocenters. The van der Waals surface area contributed by atoms with Crippen LogP contribution in [0.3, 0.4) is 0 Å². The predicted octanol–water partition coefficient (Wildman–Crippen LogP) is 1.92. The topological polar surface area (TPSA) is 96.5 Å². The molecular formula is C16H18N6OS. The zero-order chi connectivity index (χ0) is 17.0.